The molecular weight excluding hydrogens is 416 g/mol. The van der Waals surface area contributed by atoms with Crippen molar-refractivity contribution in [2.24, 2.45) is 0 Å². The van der Waals surface area contributed by atoms with Crippen molar-refractivity contribution in [2.45, 2.75) is 16.2 Å². The minimum Gasteiger partial charge on any atom is -0.308 e. The van der Waals surface area contributed by atoms with Crippen LogP contribution in [0, 0.1) is 0 Å². The third-order valence-electron chi connectivity index (χ3n) is 5.33. The summed E-state index contributed by atoms with van der Waals surface area (Å²) >= 11 is 1.56. The van der Waals surface area contributed by atoms with E-state index in [2.05, 4.69) is 0 Å². The normalized spacial score (nSPS) is 13.2. The Hall–Kier alpha value is -2.77. The zero-order chi connectivity index (χ0) is 21.3. The number of amides is 1. The summed E-state index contributed by atoms with van der Waals surface area (Å²) < 4.78 is 27.1. The fourth-order valence-electron chi connectivity index (χ4n) is 3.56. The molecule has 0 spiro atoms. The Morgan fingerprint density at radius 3 is 2.30 bits per heavy atom. The molecular formula is C23H22N2O3S2. The molecule has 0 atom stereocenters. The van der Waals surface area contributed by atoms with Crippen molar-refractivity contribution < 1.29 is 13.2 Å². The van der Waals surface area contributed by atoms with Crippen molar-refractivity contribution in [1.82, 2.24) is 0 Å². The Morgan fingerprint density at radius 1 is 0.967 bits per heavy atom. The van der Waals surface area contributed by atoms with Crippen molar-refractivity contribution >= 4 is 39.1 Å². The molecule has 30 heavy (non-hydrogen) atoms. The van der Waals surface area contributed by atoms with Crippen molar-refractivity contribution in [3.05, 3.63) is 83.9 Å². The van der Waals surface area contributed by atoms with Crippen LogP contribution in [0.15, 0.2) is 82.6 Å². The van der Waals surface area contributed by atoms with Gasteiger partial charge in [-0.15, -0.1) is 11.8 Å². The predicted octanol–water partition coefficient (Wildman–Crippen LogP) is 4.44. The molecule has 1 amide bonds. The highest BCUT2D eigenvalue weighted by atomic mass is 32.2. The van der Waals surface area contributed by atoms with Crippen LogP contribution < -0.4 is 9.21 Å². The van der Waals surface area contributed by atoms with Gasteiger partial charge in [-0.1, -0.05) is 18.2 Å². The first-order valence-electron chi connectivity index (χ1n) is 9.54. The highest BCUT2D eigenvalue weighted by Crippen LogP contribution is 2.30. The van der Waals surface area contributed by atoms with Crippen LogP contribution in [0.4, 0.5) is 11.4 Å². The molecule has 0 aromatic heterocycles. The van der Waals surface area contributed by atoms with E-state index in [9.17, 15) is 13.2 Å². The van der Waals surface area contributed by atoms with Crippen LogP contribution in [0.25, 0.3) is 0 Å². The molecule has 3 aromatic carbocycles. The lowest BCUT2D eigenvalue weighted by Crippen LogP contribution is -2.29. The number of para-hydroxylation sites is 1. The Morgan fingerprint density at radius 2 is 1.63 bits per heavy atom. The number of thioether (sulfide) groups is 1. The third kappa shape index (κ3) is 3.70. The zero-order valence-electron chi connectivity index (χ0n) is 16.8. The molecule has 0 saturated heterocycles. The summed E-state index contributed by atoms with van der Waals surface area (Å²) in [5.74, 6) is -0.0790. The molecule has 0 bridgehead atoms. The summed E-state index contributed by atoms with van der Waals surface area (Å²) in [4.78, 5) is 16.0. The molecule has 7 heteroatoms. The van der Waals surface area contributed by atoms with Crippen LogP contribution in [0.1, 0.15) is 15.9 Å². The Bertz CT molecular complexity index is 1170. The zero-order valence-corrected chi connectivity index (χ0v) is 18.4. The second kappa shape index (κ2) is 8.16. The van der Waals surface area contributed by atoms with E-state index in [-0.39, 0.29) is 10.8 Å². The van der Waals surface area contributed by atoms with Gasteiger partial charge in [0, 0.05) is 29.7 Å². The van der Waals surface area contributed by atoms with Gasteiger partial charge in [0.2, 0.25) is 0 Å². The molecule has 1 aliphatic rings. The molecule has 1 aliphatic heterocycles. The molecule has 0 N–H and O–H groups in total. The van der Waals surface area contributed by atoms with Gasteiger partial charge >= 0.3 is 0 Å². The van der Waals surface area contributed by atoms with Crippen molar-refractivity contribution in [2.75, 3.05) is 29.1 Å². The van der Waals surface area contributed by atoms with Crippen LogP contribution in [-0.2, 0) is 16.4 Å². The van der Waals surface area contributed by atoms with Crippen molar-refractivity contribution in [3.8, 4) is 0 Å². The first kappa shape index (κ1) is 20.5. The van der Waals surface area contributed by atoms with Crippen LogP contribution in [0.5, 0.6) is 0 Å². The number of carbonyl (C=O) groups excluding carboxylic acids is 1. The maximum absolute atomic E-state index is 13.0. The van der Waals surface area contributed by atoms with E-state index >= 15 is 0 Å². The SMILES string of the molecule is CSc1ccc(S(=O)(=O)N(C)c2ccc(C(=O)N3CCc4ccccc43)cc2)cc1. The van der Waals surface area contributed by atoms with Gasteiger partial charge in [-0.2, -0.15) is 0 Å². The van der Waals surface area contributed by atoms with Gasteiger partial charge < -0.3 is 4.90 Å². The van der Waals surface area contributed by atoms with Gasteiger partial charge in [0.25, 0.3) is 15.9 Å². The van der Waals surface area contributed by atoms with Gasteiger partial charge in [-0.25, -0.2) is 8.42 Å². The lowest BCUT2D eigenvalue weighted by atomic mass is 10.1. The summed E-state index contributed by atoms with van der Waals surface area (Å²) in [5, 5.41) is 0. The van der Waals surface area contributed by atoms with E-state index in [0.29, 0.717) is 17.8 Å². The maximum atomic E-state index is 13.0. The predicted molar refractivity (Wildman–Crippen MR) is 122 cm³/mol. The molecule has 0 radical (unpaired) electrons. The van der Waals surface area contributed by atoms with Gasteiger partial charge in [0.15, 0.2) is 0 Å². The molecule has 0 aliphatic carbocycles. The molecule has 1 heterocycles. The van der Waals surface area contributed by atoms with Gasteiger partial charge in [0.05, 0.1) is 10.6 Å². The molecule has 154 valence electrons. The third-order valence-corrected chi connectivity index (χ3v) is 7.87. The van der Waals surface area contributed by atoms with Crippen LogP contribution in [0.3, 0.4) is 0 Å². The van der Waals surface area contributed by atoms with Gasteiger partial charge in [-0.3, -0.25) is 9.10 Å². The average Bonchev–Trinajstić information content (AvgIpc) is 3.22. The molecule has 0 unspecified atom stereocenters. The number of rotatable bonds is 5. The molecule has 5 nitrogen and oxygen atoms in total. The molecule has 0 fully saturated rings. The standard InChI is InChI=1S/C23H22N2O3S2/c1-24(30(27,28)21-13-11-20(29-2)12-14-21)19-9-7-18(8-10-19)23(26)25-16-15-17-5-3-4-6-22(17)25/h3-14H,15-16H2,1-2H3. The fourth-order valence-corrected chi connectivity index (χ4v) is 5.17. The number of hydrogen-bond acceptors (Lipinski definition) is 4. The number of nitrogens with zero attached hydrogens (tertiary/aromatic N) is 2. The van der Waals surface area contributed by atoms with Crippen LogP contribution >= 0.6 is 11.8 Å². The Labute approximate surface area is 181 Å². The summed E-state index contributed by atoms with van der Waals surface area (Å²) in [6.07, 6.45) is 2.79. The summed E-state index contributed by atoms with van der Waals surface area (Å²) in [6, 6.07) is 21.4. The van der Waals surface area contributed by atoms with Gasteiger partial charge in [0.1, 0.15) is 0 Å². The number of sulfonamides is 1. The fraction of sp³-hybridized carbons (Fsp3) is 0.174. The maximum Gasteiger partial charge on any atom is 0.264 e. The Balaban J connectivity index is 1.55. The quantitative estimate of drug-likeness (QED) is 0.553. The van der Waals surface area contributed by atoms with Crippen molar-refractivity contribution in [1.29, 1.82) is 0 Å². The molecule has 3 aromatic rings. The van der Waals surface area contributed by atoms with Crippen LogP contribution in [0.2, 0.25) is 0 Å². The summed E-state index contributed by atoms with van der Waals surface area (Å²) in [5.41, 5.74) is 3.15. The van der Waals surface area contributed by atoms with Crippen LogP contribution in [-0.4, -0.2) is 34.2 Å². The molecule has 0 saturated carbocycles. The van der Waals surface area contributed by atoms with Crippen molar-refractivity contribution in [3.63, 3.8) is 0 Å². The highest BCUT2D eigenvalue weighted by Gasteiger charge is 2.26. The number of carbonyl (C=O) groups is 1. The highest BCUT2D eigenvalue weighted by molar-refractivity contribution is 7.98. The second-order valence-electron chi connectivity index (χ2n) is 7.03. The molecule has 4 rings (SSSR count). The number of fused-ring (bicyclic) bond motifs is 1. The smallest absolute Gasteiger partial charge is 0.264 e. The minimum absolute atomic E-state index is 0.0790. The van der Waals surface area contributed by atoms with Gasteiger partial charge in [-0.05, 0) is 72.8 Å². The monoisotopic (exact) mass is 438 g/mol. The minimum atomic E-state index is -3.68. The summed E-state index contributed by atoms with van der Waals surface area (Å²) in [6.45, 7) is 0.653. The van der Waals surface area contributed by atoms with E-state index in [0.717, 1.165) is 17.0 Å². The number of benzene rings is 3. The van der Waals surface area contributed by atoms with E-state index in [1.807, 2.05) is 30.5 Å². The van der Waals surface area contributed by atoms with E-state index < -0.39 is 10.0 Å². The Kier molecular flexibility index (Phi) is 5.58. The van der Waals surface area contributed by atoms with E-state index in [4.69, 9.17) is 0 Å². The average molecular weight is 439 g/mol. The largest absolute Gasteiger partial charge is 0.308 e. The van der Waals surface area contributed by atoms with E-state index in [1.165, 1.54) is 16.9 Å². The first-order chi connectivity index (χ1) is 14.4. The summed E-state index contributed by atoms with van der Waals surface area (Å²) in [7, 11) is -2.16. The number of hydrogen-bond donors (Lipinski definition) is 0. The first-order valence-corrected chi connectivity index (χ1v) is 12.2. The lowest BCUT2D eigenvalue weighted by molar-refractivity contribution is 0.0989. The second-order valence-corrected chi connectivity index (χ2v) is 9.88. The lowest BCUT2D eigenvalue weighted by Gasteiger charge is -2.21. The number of anilines is 2. The topological polar surface area (TPSA) is 57.7 Å². The van der Waals surface area contributed by atoms with E-state index in [1.54, 1.807) is 65.2 Å².